The van der Waals surface area contributed by atoms with Gasteiger partial charge in [-0.1, -0.05) is 30.5 Å². The topological polar surface area (TPSA) is 100 Å². The predicted molar refractivity (Wildman–Crippen MR) is 109 cm³/mol. The molecule has 2 aliphatic rings. The minimum absolute atomic E-state index is 0.161. The van der Waals surface area contributed by atoms with Gasteiger partial charge in [-0.2, -0.15) is 4.31 Å². The van der Waals surface area contributed by atoms with Crippen LogP contribution in [0.3, 0.4) is 0 Å². The molecule has 1 heterocycles. The molecule has 3 amide bonds. The van der Waals surface area contributed by atoms with Gasteiger partial charge in [0.1, 0.15) is 0 Å². The molecule has 1 aliphatic heterocycles. The molecule has 160 valence electrons. The zero-order valence-electron chi connectivity index (χ0n) is 16.9. The molecule has 2 fully saturated rings. The van der Waals surface area contributed by atoms with Crippen LogP contribution in [0.15, 0.2) is 29.2 Å². The molecule has 0 spiro atoms. The van der Waals surface area contributed by atoms with Gasteiger partial charge in [0, 0.05) is 19.0 Å². The first-order valence-corrected chi connectivity index (χ1v) is 11.8. The molecule has 3 rings (SSSR count). The van der Waals surface area contributed by atoms with Gasteiger partial charge >= 0.3 is 6.03 Å². The van der Waals surface area contributed by atoms with E-state index in [0.29, 0.717) is 37.5 Å². The Hall–Kier alpha value is -1.97. The van der Waals surface area contributed by atoms with Crippen LogP contribution in [0.5, 0.6) is 0 Å². The fourth-order valence-electron chi connectivity index (χ4n) is 3.99. The van der Waals surface area contributed by atoms with Crippen LogP contribution in [-0.4, -0.2) is 63.4 Å². The highest BCUT2D eigenvalue weighted by Crippen LogP contribution is 2.17. The molecular formula is C20H31N4O4S+. The second-order valence-electron chi connectivity index (χ2n) is 8.00. The van der Waals surface area contributed by atoms with E-state index in [1.165, 1.54) is 4.31 Å². The smallest absolute Gasteiger partial charge is 0.321 e. The largest absolute Gasteiger partial charge is 0.335 e. The van der Waals surface area contributed by atoms with Gasteiger partial charge in [0.15, 0.2) is 6.54 Å². The van der Waals surface area contributed by atoms with Gasteiger partial charge < -0.3 is 10.2 Å². The number of carbonyl (C=O) groups is 2. The standard InChI is InChI=1S/C20H30N4O4S/c1-16-7-9-18(10-8-16)29(27,28)24-12-4-11-23(13-14-24)15-19(25)22-20(26)21-17-5-2-3-6-17/h7-10,17H,2-6,11-15H2,1H3,(H2,21,22,25,26)/p+1. The highest BCUT2D eigenvalue weighted by atomic mass is 32.2. The Morgan fingerprint density at radius 1 is 1.07 bits per heavy atom. The minimum atomic E-state index is -3.53. The average molecular weight is 424 g/mol. The summed E-state index contributed by atoms with van der Waals surface area (Å²) in [5.41, 5.74) is 1.01. The number of hydrogen-bond donors (Lipinski definition) is 3. The molecule has 1 aromatic rings. The highest BCUT2D eigenvalue weighted by molar-refractivity contribution is 7.89. The monoisotopic (exact) mass is 423 g/mol. The van der Waals surface area contributed by atoms with Crippen molar-refractivity contribution in [3.63, 3.8) is 0 Å². The molecule has 29 heavy (non-hydrogen) atoms. The van der Waals surface area contributed by atoms with Crippen LogP contribution in [0.1, 0.15) is 37.7 Å². The van der Waals surface area contributed by atoms with Crippen molar-refractivity contribution >= 4 is 22.0 Å². The summed E-state index contributed by atoms with van der Waals surface area (Å²) in [6.07, 6.45) is 4.81. The zero-order valence-corrected chi connectivity index (χ0v) is 17.8. The van der Waals surface area contributed by atoms with Crippen molar-refractivity contribution in [3.05, 3.63) is 29.8 Å². The van der Waals surface area contributed by atoms with Crippen molar-refractivity contribution in [1.82, 2.24) is 14.9 Å². The van der Waals surface area contributed by atoms with Crippen molar-refractivity contribution < 1.29 is 22.9 Å². The van der Waals surface area contributed by atoms with Gasteiger partial charge in [-0.25, -0.2) is 13.2 Å². The summed E-state index contributed by atoms with van der Waals surface area (Å²) in [4.78, 5) is 25.4. The number of amides is 3. The highest BCUT2D eigenvalue weighted by Gasteiger charge is 2.29. The van der Waals surface area contributed by atoms with Crippen LogP contribution in [0.2, 0.25) is 0 Å². The summed E-state index contributed by atoms with van der Waals surface area (Å²) in [5, 5.41) is 5.25. The number of sulfonamides is 1. The summed E-state index contributed by atoms with van der Waals surface area (Å²) in [6, 6.07) is 6.59. The van der Waals surface area contributed by atoms with Crippen LogP contribution in [0.4, 0.5) is 4.79 Å². The minimum Gasteiger partial charge on any atom is -0.335 e. The molecule has 3 N–H and O–H groups in total. The molecular weight excluding hydrogens is 392 g/mol. The first-order valence-electron chi connectivity index (χ1n) is 10.4. The third kappa shape index (κ3) is 6.01. The number of urea groups is 1. The van der Waals surface area contributed by atoms with Gasteiger partial charge in [-0.3, -0.25) is 10.1 Å². The van der Waals surface area contributed by atoms with E-state index >= 15 is 0 Å². The molecule has 1 unspecified atom stereocenters. The molecule has 8 nitrogen and oxygen atoms in total. The molecule has 0 radical (unpaired) electrons. The quantitative estimate of drug-likeness (QED) is 0.623. The van der Waals surface area contributed by atoms with E-state index < -0.39 is 16.1 Å². The van der Waals surface area contributed by atoms with Gasteiger partial charge in [0.05, 0.1) is 24.5 Å². The van der Waals surface area contributed by atoms with E-state index in [4.69, 9.17) is 0 Å². The first kappa shape index (κ1) is 21.7. The van der Waals surface area contributed by atoms with E-state index in [2.05, 4.69) is 10.6 Å². The number of imide groups is 1. The van der Waals surface area contributed by atoms with Gasteiger partial charge in [0.25, 0.3) is 5.91 Å². The number of carbonyl (C=O) groups excluding carboxylic acids is 2. The Morgan fingerprint density at radius 2 is 1.76 bits per heavy atom. The van der Waals surface area contributed by atoms with Crippen LogP contribution in [0.25, 0.3) is 0 Å². The van der Waals surface area contributed by atoms with Crippen molar-refractivity contribution in [2.45, 2.75) is 50.0 Å². The van der Waals surface area contributed by atoms with E-state index in [9.17, 15) is 18.0 Å². The Bertz CT molecular complexity index is 819. The van der Waals surface area contributed by atoms with Gasteiger partial charge in [-0.15, -0.1) is 0 Å². The normalized spacial score (nSPS) is 21.5. The summed E-state index contributed by atoms with van der Waals surface area (Å²) in [6.45, 7) is 4.09. The predicted octanol–water partition coefficient (Wildman–Crippen LogP) is 0.0427. The summed E-state index contributed by atoms with van der Waals surface area (Å²) >= 11 is 0. The zero-order chi connectivity index (χ0) is 20.9. The number of nitrogens with one attached hydrogen (secondary N) is 3. The first-order chi connectivity index (χ1) is 13.8. The Balaban J connectivity index is 1.49. The van der Waals surface area contributed by atoms with Crippen molar-refractivity contribution in [1.29, 1.82) is 0 Å². The van der Waals surface area contributed by atoms with Crippen LogP contribution in [-0.2, 0) is 14.8 Å². The molecule has 0 aromatic heterocycles. The third-order valence-corrected chi connectivity index (χ3v) is 7.58. The van der Waals surface area contributed by atoms with Crippen molar-refractivity contribution in [2.75, 3.05) is 32.7 Å². The molecule has 1 saturated carbocycles. The summed E-state index contributed by atoms with van der Waals surface area (Å²) in [5.74, 6) is -0.328. The molecule has 1 aliphatic carbocycles. The second kappa shape index (κ2) is 9.69. The lowest BCUT2D eigenvalue weighted by Crippen LogP contribution is -3.13. The number of quaternary nitrogens is 1. The Labute approximate surface area is 172 Å². The number of rotatable bonds is 5. The molecule has 1 saturated heterocycles. The lowest BCUT2D eigenvalue weighted by atomic mass is 10.2. The second-order valence-corrected chi connectivity index (χ2v) is 9.94. The van der Waals surface area contributed by atoms with E-state index in [1.54, 1.807) is 24.3 Å². The Morgan fingerprint density at radius 3 is 2.45 bits per heavy atom. The van der Waals surface area contributed by atoms with E-state index in [1.807, 2.05) is 6.92 Å². The van der Waals surface area contributed by atoms with E-state index in [0.717, 1.165) is 36.1 Å². The summed E-state index contributed by atoms with van der Waals surface area (Å²) < 4.78 is 27.2. The number of hydrogen-bond acceptors (Lipinski definition) is 4. The SMILES string of the molecule is Cc1ccc(S(=O)(=O)N2CCC[NH+](CC(=O)NC(=O)NC3CCCC3)CC2)cc1. The third-order valence-electron chi connectivity index (χ3n) is 5.67. The van der Waals surface area contributed by atoms with Crippen molar-refractivity contribution in [3.8, 4) is 0 Å². The van der Waals surface area contributed by atoms with Crippen LogP contribution >= 0.6 is 0 Å². The van der Waals surface area contributed by atoms with Gasteiger partial charge in [-0.05, 0) is 31.9 Å². The number of nitrogens with zero attached hydrogens (tertiary/aromatic N) is 1. The molecule has 0 bridgehead atoms. The number of benzene rings is 1. The maximum Gasteiger partial charge on any atom is 0.321 e. The fraction of sp³-hybridized carbons (Fsp3) is 0.600. The maximum atomic E-state index is 12.9. The van der Waals surface area contributed by atoms with Gasteiger partial charge in [0.2, 0.25) is 10.0 Å². The number of aryl methyl sites for hydroxylation is 1. The molecule has 9 heteroatoms. The van der Waals surface area contributed by atoms with Crippen LogP contribution in [0, 0.1) is 6.92 Å². The Kier molecular flexibility index (Phi) is 7.26. The molecule has 1 aromatic carbocycles. The molecule has 1 atom stereocenters. The van der Waals surface area contributed by atoms with Crippen molar-refractivity contribution in [2.24, 2.45) is 0 Å². The maximum absolute atomic E-state index is 12.9. The lowest BCUT2D eigenvalue weighted by Gasteiger charge is -2.20. The van der Waals surface area contributed by atoms with E-state index in [-0.39, 0.29) is 18.5 Å². The average Bonchev–Trinajstić information content (AvgIpc) is 3.05. The lowest BCUT2D eigenvalue weighted by molar-refractivity contribution is -0.889. The fourth-order valence-corrected chi connectivity index (χ4v) is 5.47. The van der Waals surface area contributed by atoms with Crippen LogP contribution < -0.4 is 15.5 Å². The summed E-state index contributed by atoms with van der Waals surface area (Å²) in [7, 11) is -3.53.